The molecule has 0 bridgehead atoms. The van der Waals surface area contributed by atoms with Crippen molar-refractivity contribution < 1.29 is 18.0 Å². The van der Waals surface area contributed by atoms with Crippen molar-refractivity contribution in [3.63, 3.8) is 0 Å². The van der Waals surface area contributed by atoms with E-state index in [-0.39, 0.29) is 12.1 Å². The minimum Gasteiger partial charge on any atom is -0.362 e. The van der Waals surface area contributed by atoms with Gasteiger partial charge in [0.2, 0.25) is 5.95 Å². The maximum absolute atomic E-state index is 13.9. The van der Waals surface area contributed by atoms with Crippen LogP contribution in [0.25, 0.3) is 0 Å². The lowest BCUT2D eigenvalue weighted by Crippen LogP contribution is -2.40. The van der Waals surface area contributed by atoms with Crippen LogP contribution in [0.5, 0.6) is 0 Å². The van der Waals surface area contributed by atoms with E-state index in [9.17, 15) is 18.0 Å². The van der Waals surface area contributed by atoms with Crippen molar-refractivity contribution in [3.05, 3.63) is 46.4 Å². The first-order chi connectivity index (χ1) is 15.3. The highest BCUT2D eigenvalue weighted by Crippen LogP contribution is 2.29. The molecule has 1 heterocycles. The van der Waals surface area contributed by atoms with E-state index in [0.29, 0.717) is 18.8 Å². The van der Waals surface area contributed by atoms with Crippen molar-refractivity contribution in [1.82, 2.24) is 15.3 Å². The largest absolute Gasteiger partial charge is 0.362 e. The summed E-state index contributed by atoms with van der Waals surface area (Å²) in [5, 5.41) is 6.18. The predicted molar refractivity (Wildman–Crippen MR) is 116 cm³/mol. The van der Waals surface area contributed by atoms with Crippen LogP contribution in [-0.2, 0) is 12.8 Å². The molecule has 0 saturated heterocycles. The number of halogens is 3. The van der Waals surface area contributed by atoms with Crippen molar-refractivity contribution in [3.8, 4) is 0 Å². The highest BCUT2D eigenvalue weighted by atomic mass is 19.2. The van der Waals surface area contributed by atoms with Gasteiger partial charge in [0.15, 0.2) is 17.5 Å². The molecule has 1 amide bonds. The number of nitrogens with zero attached hydrogens (tertiary/aromatic N) is 3. The molecule has 0 radical (unpaired) electrons. The zero-order chi connectivity index (χ0) is 22.8. The Morgan fingerprint density at radius 1 is 0.969 bits per heavy atom. The van der Waals surface area contributed by atoms with Crippen molar-refractivity contribution in [2.24, 2.45) is 0 Å². The number of anilines is 2. The summed E-state index contributed by atoms with van der Waals surface area (Å²) in [5.74, 6) is -3.54. The van der Waals surface area contributed by atoms with Crippen LogP contribution < -0.4 is 15.5 Å². The van der Waals surface area contributed by atoms with Gasteiger partial charge in [-0.25, -0.2) is 18.2 Å². The molecule has 6 nitrogen and oxygen atoms in total. The normalized spacial score (nSPS) is 20.4. The van der Waals surface area contributed by atoms with E-state index in [1.54, 1.807) is 0 Å². The molecule has 0 aliphatic heterocycles. The van der Waals surface area contributed by atoms with E-state index in [0.717, 1.165) is 62.2 Å². The molecule has 1 saturated carbocycles. The second-order valence-electron chi connectivity index (χ2n) is 8.79. The number of hydrogen-bond donors (Lipinski definition) is 2. The summed E-state index contributed by atoms with van der Waals surface area (Å²) in [5.41, 5.74) is 1.87. The fourth-order valence-electron chi connectivity index (χ4n) is 4.54. The number of fused-ring (bicyclic) bond motifs is 1. The van der Waals surface area contributed by atoms with Gasteiger partial charge in [-0.05, 0) is 63.5 Å². The lowest BCUT2D eigenvalue weighted by atomic mass is 9.91. The summed E-state index contributed by atoms with van der Waals surface area (Å²) < 4.78 is 40.4. The van der Waals surface area contributed by atoms with Crippen LogP contribution in [0.4, 0.5) is 24.9 Å². The zero-order valence-corrected chi connectivity index (χ0v) is 18.4. The van der Waals surface area contributed by atoms with Crippen LogP contribution >= 0.6 is 0 Å². The quantitative estimate of drug-likeness (QED) is 0.679. The van der Waals surface area contributed by atoms with E-state index >= 15 is 0 Å². The summed E-state index contributed by atoms with van der Waals surface area (Å²) in [6, 6.07) is 1.73. The minimum atomic E-state index is -1.63. The smallest absolute Gasteiger partial charge is 0.254 e. The lowest BCUT2D eigenvalue weighted by Gasteiger charge is -2.30. The number of carbonyl (C=O) groups is 1. The van der Waals surface area contributed by atoms with Gasteiger partial charge in [0.05, 0.1) is 11.3 Å². The summed E-state index contributed by atoms with van der Waals surface area (Å²) in [6.07, 6.45) is 7.19. The van der Waals surface area contributed by atoms with Gasteiger partial charge in [-0.2, -0.15) is 4.98 Å². The summed E-state index contributed by atoms with van der Waals surface area (Å²) in [7, 11) is 3.98. The molecule has 1 aromatic carbocycles. The van der Waals surface area contributed by atoms with Crippen LogP contribution in [0.15, 0.2) is 12.1 Å². The van der Waals surface area contributed by atoms with Gasteiger partial charge in [0.25, 0.3) is 5.91 Å². The van der Waals surface area contributed by atoms with Gasteiger partial charge < -0.3 is 15.5 Å². The summed E-state index contributed by atoms with van der Waals surface area (Å²) in [6.45, 7) is 0. The Morgan fingerprint density at radius 3 is 2.38 bits per heavy atom. The molecule has 172 valence electrons. The Hall–Kier alpha value is -2.84. The van der Waals surface area contributed by atoms with Crippen LogP contribution in [0, 0.1) is 17.5 Å². The SMILES string of the molecule is CN(C)c1nc(N[C@H]2CC[C@@H](NC(=O)c3ccc(F)c(F)c3F)CC2)nc2c1CCCC2. The average Bonchev–Trinajstić information content (AvgIpc) is 2.78. The third kappa shape index (κ3) is 4.66. The van der Waals surface area contributed by atoms with E-state index in [1.807, 2.05) is 19.0 Å². The molecule has 1 fully saturated rings. The average molecular weight is 448 g/mol. The third-order valence-corrected chi connectivity index (χ3v) is 6.26. The molecule has 9 heteroatoms. The fourth-order valence-corrected chi connectivity index (χ4v) is 4.54. The maximum Gasteiger partial charge on any atom is 0.254 e. The second kappa shape index (κ2) is 9.34. The number of carbonyl (C=O) groups excluding carboxylic acids is 1. The van der Waals surface area contributed by atoms with Crippen molar-refractivity contribution in [2.75, 3.05) is 24.3 Å². The van der Waals surface area contributed by atoms with Gasteiger partial charge >= 0.3 is 0 Å². The molecule has 2 aliphatic carbocycles. The molecule has 32 heavy (non-hydrogen) atoms. The molecular weight excluding hydrogens is 419 g/mol. The lowest BCUT2D eigenvalue weighted by molar-refractivity contribution is 0.0921. The Morgan fingerprint density at radius 2 is 1.66 bits per heavy atom. The van der Waals surface area contributed by atoms with Gasteiger partial charge in [0.1, 0.15) is 5.82 Å². The number of amides is 1. The molecule has 0 unspecified atom stereocenters. The molecule has 1 aromatic heterocycles. The molecule has 0 spiro atoms. The number of rotatable bonds is 5. The van der Waals surface area contributed by atoms with Crippen LogP contribution in [-0.4, -0.2) is 42.1 Å². The van der Waals surface area contributed by atoms with Crippen molar-refractivity contribution in [1.29, 1.82) is 0 Å². The number of nitrogens with one attached hydrogen (secondary N) is 2. The van der Waals surface area contributed by atoms with Crippen LogP contribution in [0.2, 0.25) is 0 Å². The molecule has 2 aliphatic rings. The van der Waals surface area contributed by atoms with E-state index < -0.39 is 28.9 Å². The summed E-state index contributed by atoms with van der Waals surface area (Å²) >= 11 is 0. The number of aromatic nitrogens is 2. The maximum atomic E-state index is 13.9. The monoisotopic (exact) mass is 447 g/mol. The first-order valence-electron chi connectivity index (χ1n) is 11.1. The first kappa shape index (κ1) is 22.4. The van der Waals surface area contributed by atoms with Gasteiger partial charge in [0, 0.05) is 31.7 Å². The Kier molecular flexibility index (Phi) is 6.53. The predicted octanol–water partition coefficient (Wildman–Crippen LogP) is 3.99. The Labute approximate surface area is 185 Å². The second-order valence-corrected chi connectivity index (χ2v) is 8.79. The van der Waals surface area contributed by atoms with Crippen LogP contribution in [0.1, 0.15) is 60.1 Å². The molecule has 2 aromatic rings. The highest BCUT2D eigenvalue weighted by molar-refractivity contribution is 5.94. The Balaban J connectivity index is 1.36. The van der Waals surface area contributed by atoms with Crippen molar-refractivity contribution >= 4 is 17.7 Å². The number of aryl methyl sites for hydroxylation is 1. The van der Waals surface area contributed by atoms with Crippen molar-refractivity contribution in [2.45, 2.75) is 63.5 Å². The highest BCUT2D eigenvalue weighted by Gasteiger charge is 2.26. The Bertz CT molecular complexity index is 1010. The molecule has 2 N–H and O–H groups in total. The minimum absolute atomic E-state index is 0.158. The van der Waals surface area contributed by atoms with E-state index in [4.69, 9.17) is 9.97 Å². The van der Waals surface area contributed by atoms with Gasteiger partial charge in [-0.1, -0.05) is 0 Å². The molecule has 4 rings (SSSR count). The van der Waals surface area contributed by atoms with Gasteiger partial charge in [-0.3, -0.25) is 4.79 Å². The van der Waals surface area contributed by atoms with Crippen LogP contribution in [0.3, 0.4) is 0 Å². The van der Waals surface area contributed by atoms with E-state index in [2.05, 4.69) is 10.6 Å². The zero-order valence-electron chi connectivity index (χ0n) is 18.4. The van der Waals surface area contributed by atoms with E-state index in [1.165, 1.54) is 5.56 Å². The summed E-state index contributed by atoms with van der Waals surface area (Å²) in [4.78, 5) is 23.8. The topological polar surface area (TPSA) is 70.2 Å². The number of hydrogen-bond acceptors (Lipinski definition) is 5. The number of benzene rings is 1. The first-order valence-corrected chi connectivity index (χ1v) is 11.1. The molecule has 0 atom stereocenters. The third-order valence-electron chi connectivity index (χ3n) is 6.26. The van der Waals surface area contributed by atoms with Gasteiger partial charge in [-0.15, -0.1) is 0 Å². The fraction of sp³-hybridized carbons (Fsp3) is 0.522. The molecular formula is C23H28F3N5O. The standard InChI is InChI=1S/C23H28F3N5O/c1-31(2)21-15-5-3-4-6-18(15)29-23(30-21)28-14-9-7-13(8-10-14)27-22(32)16-11-12-17(24)20(26)19(16)25/h11-14H,3-10H2,1-2H3,(H,27,32)(H,28,29,30)/t13-,14+.